The van der Waals surface area contributed by atoms with Crippen LogP contribution in [0.3, 0.4) is 0 Å². The van der Waals surface area contributed by atoms with Gasteiger partial charge in [0.2, 0.25) is 0 Å². The van der Waals surface area contributed by atoms with Crippen molar-refractivity contribution >= 4 is 11.3 Å². The summed E-state index contributed by atoms with van der Waals surface area (Å²) < 4.78 is 11.6. The van der Waals surface area contributed by atoms with Crippen molar-refractivity contribution in [1.29, 1.82) is 0 Å². The van der Waals surface area contributed by atoms with Gasteiger partial charge in [-0.3, -0.25) is 0 Å². The SMILES string of the molecule is CCCNC1COc2cc(OCCc3ccsc3)ccc21. The molecule has 1 aliphatic rings. The maximum absolute atomic E-state index is 5.83. The van der Waals surface area contributed by atoms with Gasteiger partial charge in [0.05, 0.1) is 12.6 Å². The molecule has 0 amide bonds. The summed E-state index contributed by atoms with van der Waals surface area (Å²) in [6.07, 6.45) is 2.08. The van der Waals surface area contributed by atoms with Gasteiger partial charge in [-0.1, -0.05) is 6.92 Å². The first-order chi connectivity index (χ1) is 10.4. The lowest BCUT2D eigenvalue weighted by Gasteiger charge is -2.11. The summed E-state index contributed by atoms with van der Waals surface area (Å²) in [5.74, 6) is 1.84. The van der Waals surface area contributed by atoms with E-state index in [4.69, 9.17) is 9.47 Å². The average molecular weight is 303 g/mol. The maximum atomic E-state index is 5.83. The highest BCUT2D eigenvalue weighted by molar-refractivity contribution is 7.07. The van der Waals surface area contributed by atoms with E-state index in [0.29, 0.717) is 19.3 Å². The van der Waals surface area contributed by atoms with Crippen molar-refractivity contribution in [2.45, 2.75) is 25.8 Å². The summed E-state index contributed by atoms with van der Waals surface area (Å²) >= 11 is 1.73. The van der Waals surface area contributed by atoms with Gasteiger partial charge in [-0.05, 0) is 47.5 Å². The van der Waals surface area contributed by atoms with Crippen molar-refractivity contribution in [2.24, 2.45) is 0 Å². The molecule has 3 nitrogen and oxygen atoms in total. The predicted molar refractivity (Wildman–Crippen MR) is 86.5 cm³/mol. The molecule has 1 atom stereocenters. The van der Waals surface area contributed by atoms with Crippen molar-refractivity contribution in [3.63, 3.8) is 0 Å². The van der Waals surface area contributed by atoms with E-state index < -0.39 is 0 Å². The fourth-order valence-electron chi connectivity index (χ4n) is 2.49. The minimum Gasteiger partial charge on any atom is -0.493 e. The summed E-state index contributed by atoms with van der Waals surface area (Å²) in [4.78, 5) is 0. The zero-order valence-electron chi connectivity index (χ0n) is 12.3. The number of ether oxygens (including phenoxy) is 2. The Morgan fingerprint density at radius 1 is 1.38 bits per heavy atom. The minimum absolute atomic E-state index is 0.319. The first kappa shape index (κ1) is 14.4. The summed E-state index contributed by atoms with van der Waals surface area (Å²) in [6.45, 7) is 4.61. The molecule has 1 N–H and O–H groups in total. The maximum Gasteiger partial charge on any atom is 0.127 e. The van der Waals surface area contributed by atoms with Gasteiger partial charge >= 0.3 is 0 Å². The topological polar surface area (TPSA) is 30.5 Å². The average Bonchev–Trinajstić information content (AvgIpc) is 3.14. The first-order valence-corrected chi connectivity index (χ1v) is 8.45. The molecule has 1 aromatic carbocycles. The largest absolute Gasteiger partial charge is 0.493 e. The molecule has 0 radical (unpaired) electrons. The summed E-state index contributed by atoms with van der Waals surface area (Å²) in [6, 6.07) is 8.64. The molecule has 0 aliphatic carbocycles. The molecular formula is C17H21NO2S. The van der Waals surface area contributed by atoms with E-state index in [2.05, 4.69) is 35.1 Å². The van der Waals surface area contributed by atoms with Gasteiger partial charge in [-0.25, -0.2) is 0 Å². The fraction of sp³-hybridized carbons (Fsp3) is 0.412. The van der Waals surface area contributed by atoms with Crippen LogP contribution in [-0.4, -0.2) is 19.8 Å². The van der Waals surface area contributed by atoms with Crippen LogP contribution in [0.15, 0.2) is 35.0 Å². The quantitative estimate of drug-likeness (QED) is 0.844. The van der Waals surface area contributed by atoms with Crippen LogP contribution in [0.5, 0.6) is 11.5 Å². The number of fused-ring (bicyclic) bond motifs is 1. The van der Waals surface area contributed by atoms with Crippen LogP contribution < -0.4 is 14.8 Å². The third kappa shape index (κ3) is 3.57. The molecule has 0 saturated carbocycles. The Bertz CT molecular complexity index is 568. The Kier molecular flexibility index (Phi) is 4.78. The van der Waals surface area contributed by atoms with Gasteiger partial charge in [-0.15, -0.1) is 0 Å². The summed E-state index contributed by atoms with van der Waals surface area (Å²) in [5.41, 5.74) is 2.58. The molecular weight excluding hydrogens is 282 g/mol. The Balaban J connectivity index is 1.56. The van der Waals surface area contributed by atoms with Crippen LogP contribution in [0.4, 0.5) is 0 Å². The van der Waals surface area contributed by atoms with E-state index in [1.165, 1.54) is 11.1 Å². The van der Waals surface area contributed by atoms with Crippen LogP contribution in [-0.2, 0) is 6.42 Å². The monoisotopic (exact) mass is 303 g/mol. The van der Waals surface area contributed by atoms with Crippen molar-refractivity contribution in [1.82, 2.24) is 5.32 Å². The predicted octanol–water partition coefficient (Wildman–Crippen LogP) is 3.80. The van der Waals surface area contributed by atoms with Crippen molar-refractivity contribution in [3.05, 3.63) is 46.2 Å². The van der Waals surface area contributed by atoms with E-state index >= 15 is 0 Å². The second kappa shape index (κ2) is 6.96. The molecule has 0 saturated heterocycles. The number of benzene rings is 1. The highest BCUT2D eigenvalue weighted by Gasteiger charge is 2.23. The van der Waals surface area contributed by atoms with Gasteiger partial charge in [0.25, 0.3) is 0 Å². The van der Waals surface area contributed by atoms with Crippen molar-refractivity contribution in [2.75, 3.05) is 19.8 Å². The highest BCUT2D eigenvalue weighted by Crippen LogP contribution is 2.35. The van der Waals surface area contributed by atoms with Gasteiger partial charge in [0.15, 0.2) is 0 Å². The third-order valence-corrected chi connectivity index (χ3v) is 4.38. The van der Waals surface area contributed by atoms with Crippen LogP contribution in [0.1, 0.15) is 30.5 Å². The van der Waals surface area contributed by atoms with E-state index in [0.717, 1.165) is 30.9 Å². The normalized spacial score (nSPS) is 16.5. The molecule has 0 spiro atoms. The molecule has 0 bridgehead atoms. The van der Waals surface area contributed by atoms with Crippen molar-refractivity contribution in [3.8, 4) is 11.5 Å². The Morgan fingerprint density at radius 2 is 2.33 bits per heavy atom. The number of hydrogen-bond acceptors (Lipinski definition) is 4. The zero-order chi connectivity index (χ0) is 14.5. The first-order valence-electron chi connectivity index (χ1n) is 7.51. The van der Waals surface area contributed by atoms with Crippen LogP contribution in [0.25, 0.3) is 0 Å². The molecule has 112 valence electrons. The number of nitrogens with one attached hydrogen (secondary N) is 1. The lowest BCUT2D eigenvalue weighted by molar-refractivity contribution is 0.304. The van der Waals surface area contributed by atoms with Gasteiger partial charge in [-0.2, -0.15) is 11.3 Å². The van der Waals surface area contributed by atoms with Gasteiger partial charge < -0.3 is 14.8 Å². The molecule has 1 aromatic heterocycles. The summed E-state index contributed by atoms with van der Waals surface area (Å²) in [7, 11) is 0. The molecule has 21 heavy (non-hydrogen) atoms. The van der Waals surface area contributed by atoms with Crippen LogP contribution in [0.2, 0.25) is 0 Å². The minimum atomic E-state index is 0.319. The number of rotatable bonds is 7. The third-order valence-electron chi connectivity index (χ3n) is 3.65. The zero-order valence-corrected chi connectivity index (χ0v) is 13.1. The Hall–Kier alpha value is -1.52. The highest BCUT2D eigenvalue weighted by atomic mass is 32.1. The van der Waals surface area contributed by atoms with E-state index in [-0.39, 0.29) is 0 Å². The molecule has 4 heteroatoms. The Labute approximate surface area is 129 Å². The number of hydrogen-bond donors (Lipinski definition) is 1. The second-order valence-corrected chi connectivity index (χ2v) is 6.03. The van der Waals surface area contributed by atoms with E-state index in [1.54, 1.807) is 11.3 Å². The fourth-order valence-corrected chi connectivity index (χ4v) is 3.19. The molecule has 2 aromatic rings. The van der Waals surface area contributed by atoms with Crippen molar-refractivity contribution < 1.29 is 9.47 Å². The van der Waals surface area contributed by atoms with E-state index in [9.17, 15) is 0 Å². The number of thiophene rings is 1. The van der Waals surface area contributed by atoms with Gasteiger partial charge in [0, 0.05) is 18.1 Å². The molecule has 0 fully saturated rings. The second-order valence-electron chi connectivity index (χ2n) is 5.25. The lowest BCUT2D eigenvalue weighted by atomic mass is 10.1. The lowest BCUT2D eigenvalue weighted by Crippen LogP contribution is -2.22. The summed E-state index contributed by atoms with van der Waals surface area (Å²) in [5, 5.41) is 7.77. The molecule has 2 heterocycles. The van der Waals surface area contributed by atoms with Crippen LogP contribution >= 0.6 is 11.3 Å². The van der Waals surface area contributed by atoms with E-state index in [1.807, 2.05) is 12.1 Å². The molecule has 1 unspecified atom stereocenters. The Morgan fingerprint density at radius 3 is 3.14 bits per heavy atom. The molecule has 3 rings (SSSR count). The van der Waals surface area contributed by atoms with Gasteiger partial charge in [0.1, 0.15) is 18.1 Å². The smallest absolute Gasteiger partial charge is 0.127 e. The van der Waals surface area contributed by atoms with Crippen LogP contribution in [0, 0.1) is 0 Å². The molecule has 1 aliphatic heterocycles. The standard InChI is InChI=1S/C17H21NO2S/c1-2-7-18-16-11-20-17-10-14(3-4-15(16)17)19-8-5-13-6-9-21-12-13/h3-4,6,9-10,12,16,18H,2,5,7-8,11H2,1H3.